The normalized spacial score (nSPS) is 18.0. The maximum absolute atomic E-state index is 10.7. The van der Waals surface area contributed by atoms with Crippen molar-refractivity contribution in [1.82, 2.24) is 4.90 Å². The molecule has 5 heteroatoms. The third-order valence-electron chi connectivity index (χ3n) is 1.45. The van der Waals surface area contributed by atoms with Crippen LogP contribution in [-0.4, -0.2) is 44.9 Å². The summed E-state index contributed by atoms with van der Waals surface area (Å²) in [6, 6.07) is 0. The Balaban J connectivity index is 0.000000561. The molecule has 0 atom stereocenters. The first-order chi connectivity index (χ1) is 5.70. The minimum Gasteiger partial charge on any atom is -0.465 e. The van der Waals surface area contributed by atoms with E-state index in [1.165, 1.54) is 4.90 Å². The summed E-state index contributed by atoms with van der Waals surface area (Å²) >= 11 is 0. The van der Waals surface area contributed by atoms with Crippen LogP contribution >= 0.6 is 0 Å². The van der Waals surface area contributed by atoms with Crippen molar-refractivity contribution in [2.45, 2.75) is 13.8 Å². The van der Waals surface area contributed by atoms with Gasteiger partial charge in [-0.15, -0.1) is 0 Å². The lowest BCUT2D eigenvalue weighted by molar-refractivity contribution is 0.149. The molecule has 1 aliphatic heterocycles. The van der Waals surface area contributed by atoms with Crippen LogP contribution in [0, 0.1) is 0 Å². The number of amides is 1. The highest BCUT2D eigenvalue weighted by molar-refractivity contribution is 7.85. The monoisotopic (exact) mass is 193 g/mol. The van der Waals surface area contributed by atoms with Crippen molar-refractivity contribution in [2.24, 2.45) is 0 Å². The third-order valence-corrected chi connectivity index (χ3v) is 2.72. The smallest absolute Gasteiger partial charge is 0.407 e. The first-order valence-corrected chi connectivity index (χ1v) is 5.52. The fraction of sp³-hybridized carbons (Fsp3) is 0.857. The van der Waals surface area contributed by atoms with Crippen molar-refractivity contribution in [1.29, 1.82) is 0 Å². The summed E-state index contributed by atoms with van der Waals surface area (Å²) < 4.78 is 10.7. The zero-order valence-corrected chi connectivity index (χ0v) is 8.26. The zero-order chi connectivity index (χ0) is 9.56. The van der Waals surface area contributed by atoms with Gasteiger partial charge in [0.2, 0.25) is 0 Å². The maximum Gasteiger partial charge on any atom is 0.407 e. The lowest BCUT2D eigenvalue weighted by atomic mass is 10.5. The Hall–Kier alpha value is -0.580. The van der Waals surface area contributed by atoms with Crippen LogP contribution in [0.2, 0.25) is 0 Å². The quantitative estimate of drug-likeness (QED) is 0.617. The van der Waals surface area contributed by atoms with Gasteiger partial charge in [-0.1, -0.05) is 13.8 Å². The first kappa shape index (κ1) is 11.4. The standard InChI is InChI=1S/C5H9NO3S.C2H6/c7-5(8)6-1-3-10(9)4-2-6;1-2/h1-4H2,(H,7,8);1-2H3. The minimum atomic E-state index is -0.906. The van der Waals surface area contributed by atoms with Crippen LogP contribution in [0.5, 0.6) is 0 Å². The number of hydrogen-bond donors (Lipinski definition) is 1. The molecule has 1 fully saturated rings. The Kier molecular flexibility index (Phi) is 5.70. The van der Waals surface area contributed by atoms with Crippen molar-refractivity contribution in [3.8, 4) is 0 Å². The van der Waals surface area contributed by atoms with Crippen LogP contribution in [0.15, 0.2) is 0 Å². The maximum atomic E-state index is 10.7. The fourth-order valence-electron chi connectivity index (χ4n) is 0.829. The van der Waals surface area contributed by atoms with Crippen LogP contribution in [0.1, 0.15) is 13.8 Å². The first-order valence-electron chi connectivity index (χ1n) is 4.03. The molecule has 0 aliphatic carbocycles. The molecule has 0 bridgehead atoms. The van der Waals surface area contributed by atoms with Crippen molar-refractivity contribution < 1.29 is 14.1 Å². The van der Waals surface area contributed by atoms with Gasteiger partial charge in [-0.25, -0.2) is 4.79 Å². The molecule has 12 heavy (non-hydrogen) atoms. The van der Waals surface area contributed by atoms with Gasteiger partial charge in [0.15, 0.2) is 0 Å². The molecular formula is C7H15NO3S. The number of carboxylic acid groups (broad SMARTS) is 1. The predicted molar refractivity (Wildman–Crippen MR) is 48.8 cm³/mol. The fourth-order valence-corrected chi connectivity index (χ4v) is 1.88. The number of hydrogen-bond acceptors (Lipinski definition) is 2. The number of rotatable bonds is 0. The summed E-state index contributed by atoms with van der Waals surface area (Å²) in [6.07, 6.45) is -0.906. The Morgan fingerprint density at radius 3 is 2.08 bits per heavy atom. The molecule has 1 saturated heterocycles. The van der Waals surface area contributed by atoms with Crippen molar-refractivity contribution in [2.75, 3.05) is 24.6 Å². The molecule has 0 aromatic rings. The topological polar surface area (TPSA) is 57.6 Å². The van der Waals surface area contributed by atoms with E-state index >= 15 is 0 Å². The lowest BCUT2D eigenvalue weighted by Crippen LogP contribution is -2.40. The molecule has 0 aromatic heterocycles. The Labute approximate surface area is 75.0 Å². The van der Waals surface area contributed by atoms with Crippen LogP contribution in [0.25, 0.3) is 0 Å². The van der Waals surface area contributed by atoms with Gasteiger partial charge >= 0.3 is 6.09 Å². The van der Waals surface area contributed by atoms with Gasteiger partial charge in [0, 0.05) is 35.4 Å². The molecule has 1 aliphatic rings. The van der Waals surface area contributed by atoms with Crippen molar-refractivity contribution in [3.63, 3.8) is 0 Å². The third kappa shape index (κ3) is 3.71. The van der Waals surface area contributed by atoms with Crippen molar-refractivity contribution in [3.05, 3.63) is 0 Å². The van der Waals surface area contributed by atoms with E-state index in [9.17, 15) is 9.00 Å². The number of nitrogens with zero attached hydrogens (tertiary/aromatic N) is 1. The molecular weight excluding hydrogens is 178 g/mol. The molecule has 0 saturated carbocycles. The highest BCUT2D eigenvalue weighted by Crippen LogP contribution is 1.99. The summed E-state index contributed by atoms with van der Waals surface area (Å²) in [5.74, 6) is 0.985. The predicted octanol–water partition coefficient (Wildman–Crippen LogP) is 0.755. The summed E-state index contributed by atoms with van der Waals surface area (Å²) in [4.78, 5) is 11.6. The number of carbonyl (C=O) groups is 1. The summed E-state index contributed by atoms with van der Waals surface area (Å²) in [6.45, 7) is 4.84. The van der Waals surface area contributed by atoms with E-state index in [4.69, 9.17) is 5.11 Å². The molecule has 1 rings (SSSR count). The van der Waals surface area contributed by atoms with E-state index in [0.717, 1.165) is 0 Å². The zero-order valence-electron chi connectivity index (χ0n) is 7.45. The highest BCUT2D eigenvalue weighted by atomic mass is 32.2. The molecule has 0 radical (unpaired) electrons. The second-order valence-electron chi connectivity index (χ2n) is 2.12. The van der Waals surface area contributed by atoms with E-state index in [-0.39, 0.29) is 0 Å². The summed E-state index contributed by atoms with van der Waals surface area (Å²) in [5.41, 5.74) is 0. The molecule has 0 aromatic carbocycles. The van der Waals surface area contributed by atoms with E-state index in [1.807, 2.05) is 13.8 Å². The van der Waals surface area contributed by atoms with Gasteiger partial charge in [0.1, 0.15) is 0 Å². The van der Waals surface area contributed by atoms with Crippen LogP contribution < -0.4 is 0 Å². The second-order valence-corrected chi connectivity index (χ2v) is 3.81. The van der Waals surface area contributed by atoms with Gasteiger partial charge in [0.05, 0.1) is 0 Å². The van der Waals surface area contributed by atoms with E-state index in [1.54, 1.807) is 0 Å². The summed E-state index contributed by atoms with van der Waals surface area (Å²) in [5, 5.41) is 8.45. The Morgan fingerprint density at radius 1 is 1.33 bits per heavy atom. The molecule has 1 heterocycles. The van der Waals surface area contributed by atoms with Gasteiger partial charge in [-0.05, 0) is 0 Å². The lowest BCUT2D eigenvalue weighted by Gasteiger charge is -2.22. The highest BCUT2D eigenvalue weighted by Gasteiger charge is 2.18. The van der Waals surface area contributed by atoms with E-state index in [2.05, 4.69) is 0 Å². The largest absolute Gasteiger partial charge is 0.465 e. The van der Waals surface area contributed by atoms with Crippen LogP contribution in [-0.2, 0) is 10.8 Å². The molecule has 72 valence electrons. The molecule has 1 amide bonds. The molecule has 0 unspecified atom stereocenters. The summed E-state index contributed by atoms with van der Waals surface area (Å²) in [7, 11) is -0.782. The van der Waals surface area contributed by atoms with Gasteiger partial charge in [-0.3, -0.25) is 4.21 Å². The second kappa shape index (κ2) is 5.99. The molecule has 1 N–H and O–H groups in total. The van der Waals surface area contributed by atoms with Crippen molar-refractivity contribution >= 4 is 16.9 Å². The average Bonchev–Trinajstić information content (AvgIpc) is 2.09. The van der Waals surface area contributed by atoms with Gasteiger partial charge < -0.3 is 10.0 Å². The van der Waals surface area contributed by atoms with Gasteiger partial charge in [0.25, 0.3) is 0 Å². The Morgan fingerprint density at radius 2 is 1.75 bits per heavy atom. The molecule has 4 nitrogen and oxygen atoms in total. The SMILES string of the molecule is CC.O=C(O)N1CCS(=O)CC1. The minimum absolute atomic E-state index is 0.419. The molecule has 0 spiro atoms. The van der Waals surface area contributed by atoms with E-state index in [0.29, 0.717) is 24.6 Å². The van der Waals surface area contributed by atoms with Crippen LogP contribution in [0.3, 0.4) is 0 Å². The van der Waals surface area contributed by atoms with Crippen LogP contribution in [0.4, 0.5) is 4.79 Å². The van der Waals surface area contributed by atoms with Gasteiger partial charge in [-0.2, -0.15) is 0 Å². The average molecular weight is 193 g/mol. The Bertz CT molecular complexity index is 162. The van der Waals surface area contributed by atoms with E-state index < -0.39 is 16.9 Å².